The average molecular weight is 1100 g/mol. The number of alkyl halides is 6. The number of ether oxygens (including phenoxy) is 3. The number of carbonyl (C=O) groups is 1. The third-order valence-corrected chi connectivity index (χ3v) is 11.9. The van der Waals surface area contributed by atoms with E-state index in [0.29, 0.717) is 43.6 Å². The first-order valence-corrected chi connectivity index (χ1v) is 22.9. The normalized spacial score (nSPS) is 11.3. The molecule has 0 aliphatic carbocycles. The van der Waals surface area contributed by atoms with Crippen LogP contribution < -0.4 is 50.8 Å². The molecule has 0 atom stereocenters. The van der Waals surface area contributed by atoms with E-state index in [1.54, 1.807) is 81.9 Å². The fourth-order valence-electron chi connectivity index (χ4n) is 8.15. The van der Waals surface area contributed by atoms with Crippen LogP contribution in [-0.2, 0) is 49.8 Å². The number of aryl methyl sites for hydroxylation is 2. The van der Waals surface area contributed by atoms with Crippen molar-refractivity contribution in [3.8, 4) is 34.0 Å². The molecule has 0 saturated heterocycles. The summed E-state index contributed by atoms with van der Waals surface area (Å²) in [5, 5.41) is 10.2. The van der Waals surface area contributed by atoms with E-state index in [-0.39, 0.29) is 93.1 Å². The number of hydrogen-bond donors (Lipinski definition) is 1. The van der Waals surface area contributed by atoms with E-state index in [1.807, 2.05) is 0 Å². The largest absolute Gasteiger partial charge is 1.00 e. The summed E-state index contributed by atoms with van der Waals surface area (Å²) in [4.78, 5) is 64.0. The fourth-order valence-corrected chi connectivity index (χ4v) is 8.40. The van der Waals surface area contributed by atoms with Gasteiger partial charge in [0.05, 0.1) is 29.0 Å². The number of halogens is 8. The fraction of sp³-hybridized carbons (Fsp3) is 0.260. The smallest absolute Gasteiger partial charge is 0.870 e. The summed E-state index contributed by atoms with van der Waals surface area (Å²) in [7, 11) is 3.02. The second-order valence-corrected chi connectivity index (χ2v) is 17.3. The summed E-state index contributed by atoms with van der Waals surface area (Å²) in [5.74, 6) is -1.30. The first-order valence-electron chi connectivity index (χ1n) is 22.1. The maximum Gasteiger partial charge on any atom is 1.00 e. The molecular weight excluding hydrogens is 1050 g/mol. The first-order chi connectivity index (χ1) is 34.5. The molecule has 0 spiro atoms. The van der Waals surface area contributed by atoms with Crippen LogP contribution in [0.4, 0.5) is 26.3 Å². The Labute approximate surface area is 449 Å². The van der Waals surface area contributed by atoms with Crippen molar-refractivity contribution in [2.45, 2.75) is 58.7 Å². The molecule has 8 rings (SSSR count). The van der Waals surface area contributed by atoms with Gasteiger partial charge in [0, 0.05) is 75.0 Å². The van der Waals surface area contributed by atoms with Crippen molar-refractivity contribution < 1.29 is 80.3 Å². The molecule has 0 radical (unpaired) electrons. The molecule has 26 heteroatoms. The maximum absolute atomic E-state index is 13.6. The molecule has 0 amide bonds. The van der Waals surface area contributed by atoms with E-state index < -0.39 is 52.7 Å². The van der Waals surface area contributed by atoms with Gasteiger partial charge in [-0.05, 0) is 84.6 Å². The molecule has 76 heavy (non-hydrogen) atoms. The van der Waals surface area contributed by atoms with Crippen molar-refractivity contribution >= 4 is 51.2 Å². The van der Waals surface area contributed by atoms with Crippen LogP contribution in [0, 0.1) is 0 Å². The summed E-state index contributed by atoms with van der Waals surface area (Å²) < 4.78 is 98.1. The van der Waals surface area contributed by atoms with Gasteiger partial charge in [0.1, 0.15) is 22.5 Å². The summed E-state index contributed by atoms with van der Waals surface area (Å²) in [6.07, 6.45) is -9.29. The second-order valence-electron chi connectivity index (χ2n) is 16.5. The van der Waals surface area contributed by atoms with Gasteiger partial charge >= 0.3 is 48.9 Å². The third-order valence-electron chi connectivity index (χ3n) is 11.4. The van der Waals surface area contributed by atoms with E-state index in [2.05, 4.69) is 9.47 Å². The van der Waals surface area contributed by atoms with Crippen LogP contribution in [0.25, 0.3) is 44.6 Å². The second kappa shape index (κ2) is 25.7. The van der Waals surface area contributed by atoms with Gasteiger partial charge in [-0.15, -0.1) is 26.3 Å². The number of carbonyl (C=O) groups excluding carboxylic acids is 1. The van der Waals surface area contributed by atoms with Crippen LogP contribution in [0.1, 0.15) is 30.9 Å². The van der Waals surface area contributed by atoms with E-state index in [0.717, 1.165) is 20.3 Å². The van der Waals surface area contributed by atoms with Crippen LogP contribution in [0.15, 0.2) is 128 Å². The number of aliphatic hydroxyl groups excluding tert-OH is 1. The Morgan fingerprint density at radius 3 is 1.33 bits per heavy atom. The number of benzene rings is 4. The molecule has 4 aromatic heterocycles. The van der Waals surface area contributed by atoms with Gasteiger partial charge < -0.3 is 39.4 Å². The summed E-state index contributed by atoms with van der Waals surface area (Å²) in [6.45, 7) is 1.48. The van der Waals surface area contributed by atoms with E-state index in [4.69, 9.17) is 27.9 Å². The predicted octanol–water partition coefficient (Wildman–Crippen LogP) is 4.88. The zero-order valence-corrected chi connectivity index (χ0v) is 42.4. The van der Waals surface area contributed by atoms with Crippen molar-refractivity contribution in [3.05, 3.63) is 172 Å². The first kappa shape index (κ1) is 61.6. The van der Waals surface area contributed by atoms with Crippen molar-refractivity contribution in [3.63, 3.8) is 0 Å². The minimum absolute atomic E-state index is 0. The summed E-state index contributed by atoms with van der Waals surface area (Å²) >= 11 is 12.0. The zero-order valence-electron chi connectivity index (χ0n) is 40.9. The zero-order chi connectivity index (χ0) is 52.9. The summed E-state index contributed by atoms with van der Waals surface area (Å²) in [5.41, 5.74) is 1.87. The quantitative estimate of drug-likeness (QED) is 0.0634. The Bertz CT molecular complexity index is 3570. The minimum atomic E-state index is -4.88. The number of aliphatic hydroxyl groups is 1. The van der Waals surface area contributed by atoms with Crippen LogP contribution in [0.5, 0.6) is 11.5 Å². The Morgan fingerprint density at radius 2 is 0.974 bits per heavy atom. The molecular formula is C50H47Cl2F6LiN6O11. The maximum atomic E-state index is 13.6. The molecule has 8 aromatic rings. The molecule has 4 aromatic carbocycles. The minimum Gasteiger partial charge on any atom is -0.870 e. The van der Waals surface area contributed by atoms with Crippen molar-refractivity contribution in [1.82, 2.24) is 27.4 Å². The molecule has 400 valence electrons. The van der Waals surface area contributed by atoms with Gasteiger partial charge in [0.25, 0.3) is 11.1 Å². The van der Waals surface area contributed by atoms with Gasteiger partial charge in [-0.1, -0.05) is 71.7 Å². The SMILES string of the molecule is CC(=O)OCCCn1c(=O)c2c(cc(-c3cccc(OC(F)(F)F)c3)n2Cc2ccc(Cl)cc2)n(C)c1=O.Cn1c(=O)n(CCCO)c(=O)c2c1cc(-c1cccc(OC(F)(F)F)c1)n2Cc1ccc(Cl)cc1.O.[Li+].[OH-]. The van der Waals surface area contributed by atoms with Gasteiger partial charge in [-0.2, -0.15) is 0 Å². The van der Waals surface area contributed by atoms with Crippen molar-refractivity contribution in [2.75, 3.05) is 13.2 Å². The number of aromatic nitrogens is 6. The Kier molecular flexibility index (Phi) is 20.8. The molecule has 0 aliphatic heterocycles. The monoisotopic (exact) mass is 1100 g/mol. The number of hydrogen-bond acceptors (Lipinski definition) is 10. The molecule has 0 bridgehead atoms. The number of fused-ring (bicyclic) bond motifs is 2. The van der Waals surface area contributed by atoms with Crippen molar-refractivity contribution in [2.24, 2.45) is 14.1 Å². The number of rotatable bonds is 15. The predicted molar refractivity (Wildman–Crippen MR) is 267 cm³/mol. The van der Waals surface area contributed by atoms with Crippen LogP contribution in [0.3, 0.4) is 0 Å². The number of nitrogens with zero attached hydrogens (tertiary/aromatic N) is 6. The molecule has 0 saturated carbocycles. The van der Waals surface area contributed by atoms with Crippen LogP contribution in [0.2, 0.25) is 10.0 Å². The van der Waals surface area contributed by atoms with E-state index in [9.17, 15) is 55.4 Å². The Hall–Kier alpha value is -6.97. The van der Waals surface area contributed by atoms with Gasteiger partial charge in [-0.25, -0.2) is 9.59 Å². The standard InChI is InChI=1S/C26H23ClF3N3O5.C24H21ClF3N3O4.Li.2H2O/c1-16(34)37-12-4-11-32-24(35)23-22(31(2)25(32)36)14-21(33(23)15-17-7-9-19(27)10-8-17)18-5-3-6-20(13-18)38-26(28,29)30;1-29-20-13-19(16-4-2-5-18(12-16)35-24(26,27)28)31(14-15-6-8-17(25)9-7-15)21(20)22(33)30(23(29)34)10-3-11-32;;;/h3,5-10,13-14H,4,11-12,15H2,1-2H3;2,4-9,12-13,32H,3,10-11,14H2,1H3;;2*1H2/q;;+1;;/p-1. The summed E-state index contributed by atoms with van der Waals surface area (Å²) in [6, 6.07) is 27.8. The van der Waals surface area contributed by atoms with Gasteiger partial charge in [0.2, 0.25) is 0 Å². The van der Waals surface area contributed by atoms with Crippen LogP contribution in [-0.4, -0.2) is 75.4 Å². The van der Waals surface area contributed by atoms with Crippen molar-refractivity contribution in [1.29, 1.82) is 0 Å². The van der Waals surface area contributed by atoms with Gasteiger partial charge in [-0.3, -0.25) is 32.7 Å². The molecule has 4 N–H and O–H groups in total. The topological polar surface area (TPSA) is 224 Å². The number of esters is 1. The van der Waals surface area contributed by atoms with E-state index in [1.165, 1.54) is 66.6 Å². The Morgan fingerprint density at radius 1 is 0.592 bits per heavy atom. The molecule has 0 aliphatic rings. The van der Waals surface area contributed by atoms with Gasteiger partial charge in [0.15, 0.2) is 0 Å². The van der Waals surface area contributed by atoms with E-state index >= 15 is 0 Å². The molecule has 4 heterocycles. The molecule has 17 nitrogen and oxygen atoms in total. The molecule has 0 fully saturated rings. The molecule has 0 unspecified atom stereocenters. The third kappa shape index (κ3) is 14.5. The Balaban J connectivity index is 0.000000317. The van der Waals surface area contributed by atoms with Crippen LogP contribution >= 0.6 is 23.2 Å². The average Bonchev–Trinajstić information content (AvgIpc) is 3.90.